The van der Waals surface area contributed by atoms with E-state index in [1.807, 2.05) is 0 Å². The second-order valence-electron chi connectivity index (χ2n) is 5.54. The van der Waals surface area contributed by atoms with Gasteiger partial charge in [-0.25, -0.2) is 0 Å². The highest BCUT2D eigenvalue weighted by Gasteiger charge is 2.41. The predicted molar refractivity (Wildman–Crippen MR) is 77.5 cm³/mol. The second kappa shape index (κ2) is 5.18. The van der Waals surface area contributed by atoms with Crippen molar-refractivity contribution in [1.29, 1.82) is 0 Å². The molecule has 1 nitrogen and oxygen atoms in total. The first-order valence-electron chi connectivity index (χ1n) is 6.93. The normalized spacial score (nSPS) is 35.7. The van der Waals surface area contributed by atoms with Gasteiger partial charge in [0.1, 0.15) is 0 Å². The van der Waals surface area contributed by atoms with Crippen molar-refractivity contribution in [3.63, 3.8) is 0 Å². The summed E-state index contributed by atoms with van der Waals surface area (Å²) in [5, 5.41) is 9.19. The molecule has 2 atom stereocenters. The molecule has 3 heteroatoms. The molecular formula is C14H22OS2. The molecule has 0 aromatic rings. The molecule has 1 N–H and O–H groups in total. The third kappa shape index (κ3) is 2.43. The number of hydrogen-bond donors (Lipinski definition) is 1. The van der Waals surface area contributed by atoms with E-state index in [1.54, 1.807) is 5.57 Å². The van der Waals surface area contributed by atoms with Gasteiger partial charge >= 0.3 is 0 Å². The van der Waals surface area contributed by atoms with Crippen LogP contribution in [-0.4, -0.2) is 27.3 Å². The van der Waals surface area contributed by atoms with Crippen LogP contribution >= 0.6 is 23.5 Å². The third-order valence-electron chi connectivity index (χ3n) is 4.57. The van der Waals surface area contributed by atoms with Crippen LogP contribution in [0.5, 0.6) is 0 Å². The maximum Gasteiger partial charge on any atom is 0.0794 e. The van der Waals surface area contributed by atoms with E-state index in [9.17, 15) is 5.11 Å². The lowest BCUT2D eigenvalue weighted by Gasteiger charge is -2.41. The molecular weight excluding hydrogens is 248 g/mol. The third-order valence-corrected chi connectivity index (χ3v) is 7.97. The molecule has 3 aliphatic rings. The Labute approximate surface area is 113 Å². The molecule has 2 fully saturated rings. The zero-order valence-corrected chi connectivity index (χ0v) is 12.0. The van der Waals surface area contributed by atoms with Crippen LogP contribution in [0.25, 0.3) is 0 Å². The van der Waals surface area contributed by atoms with Crippen LogP contribution in [0.1, 0.15) is 38.5 Å². The summed E-state index contributed by atoms with van der Waals surface area (Å²) >= 11 is 4.35. The van der Waals surface area contributed by atoms with E-state index in [0.717, 1.165) is 18.3 Å². The molecule has 17 heavy (non-hydrogen) atoms. The van der Waals surface area contributed by atoms with Gasteiger partial charge in [0.05, 0.1) is 4.08 Å². The minimum absolute atomic E-state index is 0.378. The maximum absolute atomic E-state index is 9.19. The molecule has 0 amide bonds. The van der Waals surface area contributed by atoms with Crippen molar-refractivity contribution in [2.24, 2.45) is 11.8 Å². The second-order valence-corrected chi connectivity index (χ2v) is 8.65. The Morgan fingerprint density at radius 1 is 1.29 bits per heavy atom. The van der Waals surface area contributed by atoms with Crippen molar-refractivity contribution in [2.45, 2.75) is 42.6 Å². The zero-order chi connectivity index (χ0) is 11.7. The predicted octanol–water partition coefficient (Wildman–Crippen LogP) is 3.68. The molecule has 1 heterocycles. The van der Waals surface area contributed by atoms with Gasteiger partial charge in [0.15, 0.2) is 0 Å². The fourth-order valence-corrected chi connectivity index (χ4v) is 6.96. The maximum atomic E-state index is 9.19. The van der Waals surface area contributed by atoms with Crippen molar-refractivity contribution < 1.29 is 5.11 Å². The highest BCUT2D eigenvalue weighted by molar-refractivity contribution is 8.21. The first-order chi connectivity index (χ1) is 8.33. The van der Waals surface area contributed by atoms with Gasteiger partial charge in [-0.1, -0.05) is 11.6 Å². The smallest absolute Gasteiger partial charge is 0.0794 e. The lowest BCUT2D eigenvalue weighted by molar-refractivity contribution is 0.196. The van der Waals surface area contributed by atoms with E-state index in [1.165, 1.54) is 43.6 Å². The summed E-state index contributed by atoms with van der Waals surface area (Å²) in [6.07, 6.45) is 10.4. The minimum atomic E-state index is 0.378. The lowest BCUT2D eigenvalue weighted by atomic mass is 9.69. The van der Waals surface area contributed by atoms with Crippen LogP contribution in [0.3, 0.4) is 0 Å². The fraction of sp³-hybridized carbons (Fsp3) is 0.857. The Hall–Kier alpha value is 0.400. The van der Waals surface area contributed by atoms with Gasteiger partial charge in [-0.3, -0.25) is 0 Å². The molecule has 3 rings (SSSR count). The monoisotopic (exact) mass is 270 g/mol. The summed E-state index contributed by atoms with van der Waals surface area (Å²) in [5.74, 6) is 4.25. The molecule has 1 saturated heterocycles. The average Bonchev–Trinajstić information content (AvgIpc) is 2.78. The van der Waals surface area contributed by atoms with Crippen LogP contribution in [-0.2, 0) is 0 Å². The number of hydrogen-bond acceptors (Lipinski definition) is 3. The van der Waals surface area contributed by atoms with Crippen LogP contribution in [0.4, 0.5) is 0 Å². The number of rotatable bonds is 2. The molecule has 96 valence electrons. The SMILES string of the molecule is OCCC1CCCC2=CC3(CCC21)SCCS3. The van der Waals surface area contributed by atoms with Gasteiger partial charge in [0.25, 0.3) is 0 Å². The van der Waals surface area contributed by atoms with Gasteiger partial charge in [-0.05, 0) is 50.4 Å². The molecule has 1 saturated carbocycles. The Morgan fingerprint density at radius 2 is 2.12 bits per heavy atom. The van der Waals surface area contributed by atoms with E-state index in [4.69, 9.17) is 0 Å². The highest BCUT2D eigenvalue weighted by atomic mass is 32.2. The summed E-state index contributed by atoms with van der Waals surface area (Å²) in [6.45, 7) is 0.378. The number of aliphatic hydroxyl groups excluding tert-OH is 1. The molecule has 2 aliphatic carbocycles. The number of allylic oxidation sites excluding steroid dienone is 1. The van der Waals surface area contributed by atoms with Crippen LogP contribution < -0.4 is 0 Å². The standard InChI is InChI=1S/C14H22OS2/c15-7-5-11-2-1-3-12-10-14(6-4-13(11)12)16-8-9-17-14/h10-11,13,15H,1-9H2. The van der Waals surface area contributed by atoms with Crippen LogP contribution in [0.2, 0.25) is 0 Å². The van der Waals surface area contributed by atoms with E-state index in [2.05, 4.69) is 29.6 Å². The van der Waals surface area contributed by atoms with Crippen molar-refractivity contribution >= 4 is 23.5 Å². The molecule has 1 spiro atoms. The average molecular weight is 270 g/mol. The van der Waals surface area contributed by atoms with E-state index in [0.29, 0.717) is 10.7 Å². The van der Waals surface area contributed by atoms with Gasteiger partial charge < -0.3 is 5.11 Å². The van der Waals surface area contributed by atoms with E-state index in [-0.39, 0.29) is 0 Å². The lowest BCUT2D eigenvalue weighted by Crippen LogP contribution is -2.31. The molecule has 0 radical (unpaired) electrons. The van der Waals surface area contributed by atoms with Gasteiger partial charge in [-0.15, -0.1) is 23.5 Å². The van der Waals surface area contributed by atoms with Crippen LogP contribution in [0.15, 0.2) is 11.6 Å². The Kier molecular flexibility index (Phi) is 3.79. The van der Waals surface area contributed by atoms with E-state index >= 15 is 0 Å². The molecule has 1 aliphatic heterocycles. The largest absolute Gasteiger partial charge is 0.396 e. The van der Waals surface area contributed by atoms with Crippen molar-refractivity contribution in [2.75, 3.05) is 18.1 Å². The van der Waals surface area contributed by atoms with E-state index < -0.39 is 0 Å². The fourth-order valence-electron chi connectivity index (χ4n) is 3.78. The Balaban J connectivity index is 1.78. The Bertz CT molecular complexity index is 305. The number of fused-ring (bicyclic) bond motifs is 1. The van der Waals surface area contributed by atoms with Crippen LogP contribution in [0, 0.1) is 11.8 Å². The molecule has 0 aromatic carbocycles. The van der Waals surface area contributed by atoms with Gasteiger partial charge in [-0.2, -0.15) is 0 Å². The topological polar surface area (TPSA) is 20.2 Å². The summed E-state index contributed by atoms with van der Waals surface area (Å²) < 4.78 is 0.451. The number of thioether (sulfide) groups is 2. The first-order valence-corrected chi connectivity index (χ1v) is 8.90. The van der Waals surface area contributed by atoms with Crippen molar-refractivity contribution in [3.05, 3.63) is 11.6 Å². The molecule has 2 unspecified atom stereocenters. The summed E-state index contributed by atoms with van der Waals surface area (Å²) in [7, 11) is 0. The first kappa shape index (κ1) is 12.4. The molecule has 0 aromatic heterocycles. The summed E-state index contributed by atoms with van der Waals surface area (Å²) in [6, 6.07) is 0. The Morgan fingerprint density at radius 3 is 2.88 bits per heavy atom. The number of aliphatic hydroxyl groups is 1. The summed E-state index contributed by atoms with van der Waals surface area (Å²) in [5.41, 5.74) is 1.74. The summed E-state index contributed by atoms with van der Waals surface area (Å²) in [4.78, 5) is 0. The molecule has 0 bridgehead atoms. The minimum Gasteiger partial charge on any atom is -0.396 e. The zero-order valence-electron chi connectivity index (χ0n) is 10.4. The van der Waals surface area contributed by atoms with Crippen molar-refractivity contribution in [3.8, 4) is 0 Å². The highest BCUT2D eigenvalue weighted by Crippen LogP contribution is 2.55. The van der Waals surface area contributed by atoms with Crippen molar-refractivity contribution in [1.82, 2.24) is 0 Å². The van der Waals surface area contributed by atoms with Gasteiger partial charge in [0, 0.05) is 18.1 Å². The van der Waals surface area contributed by atoms with Gasteiger partial charge in [0.2, 0.25) is 0 Å². The quantitative estimate of drug-likeness (QED) is 0.773.